The second-order valence-corrected chi connectivity index (χ2v) is 6.62. The number of aliphatic hydroxyl groups is 2. The highest BCUT2D eigenvalue weighted by Crippen LogP contribution is 2.21. The van der Waals surface area contributed by atoms with Crippen LogP contribution in [0.25, 0.3) is 0 Å². The van der Waals surface area contributed by atoms with Gasteiger partial charge in [-0.2, -0.15) is 0 Å². The Morgan fingerprint density at radius 1 is 1.37 bits per heavy atom. The Labute approximate surface area is 114 Å². The summed E-state index contributed by atoms with van der Waals surface area (Å²) in [6, 6.07) is 5.57. The van der Waals surface area contributed by atoms with Crippen molar-refractivity contribution in [3.05, 3.63) is 29.8 Å². The van der Waals surface area contributed by atoms with Crippen LogP contribution in [0.1, 0.15) is 31.4 Å². The Morgan fingerprint density at radius 2 is 2.05 bits per heavy atom. The zero-order chi connectivity index (χ0) is 14.5. The minimum atomic E-state index is -3.31. The lowest BCUT2D eigenvalue weighted by Gasteiger charge is -2.18. The number of benzene rings is 1. The minimum absolute atomic E-state index is 0.0786. The summed E-state index contributed by atoms with van der Waals surface area (Å²) in [5, 5.41) is 18.8. The number of sulfone groups is 1. The standard InChI is InChI=1S/C13H21NO4S/c1-2-8-19(17,18)11-5-3-4-10(9-11)13(16)12(14)6-7-15/h3-5,9,12-13,15-16H,2,6-8,14H2,1H3. The molecule has 108 valence electrons. The monoisotopic (exact) mass is 287 g/mol. The zero-order valence-electron chi connectivity index (χ0n) is 11.0. The first-order valence-electron chi connectivity index (χ1n) is 6.29. The molecule has 0 bridgehead atoms. The van der Waals surface area contributed by atoms with Crippen LogP contribution in [0.15, 0.2) is 29.2 Å². The summed E-state index contributed by atoms with van der Waals surface area (Å²) >= 11 is 0. The van der Waals surface area contributed by atoms with Crippen molar-refractivity contribution in [2.24, 2.45) is 5.73 Å². The van der Waals surface area contributed by atoms with Crippen LogP contribution in [0.5, 0.6) is 0 Å². The lowest BCUT2D eigenvalue weighted by atomic mass is 10.0. The Kier molecular flexibility index (Phi) is 5.93. The Bertz CT molecular complexity index is 501. The quantitative estimate of drug-likeness (QED) is 0.682. The molecule has 0 fully saturated rings. The van der Waals surface area contributed by atoms with Gasteiger partial charge in [-0.1, -0.05) is 19.1 Å². The van der Waals surface area contributed by atoms with E-state index in [1.165, 1.54) is 12.1 Å². The SMILES string of the molecule is CCCS(=O)(=O)c1cccc(C(O)C(N)CCO)c1. The minimum Gasteiger partial charge on any atom is -0.396 e. The van der Waals surface area contributed by atoms with Gasteiger partial charge in [0.1, 0.15) is 0 Å². The molecule has 0 aliphatic carbocycles. The topological polar surface area (TPSA) is 101 Å². The van der Waals surface area contributed by atoms with Crippen molar-refractivity contribution in [1.82, 2.24) is 0 Å². The van der Waals surface area contributed by atoms with E-state index in [2.05, 4.69) is 0 Å². The molecule has 0 aliphatic heterocycles. The molecule has 5 nitrogen and oxygen atoms in total. The largest absolute Gasteiger partial charge is 0.396 e. The Hall–Kier alpha value is -0.950. The Morgan fingerprint density at radius 3 is 2.63 bits per heavy atom. The normalized spacial score (nSPS) is 15.2. The summed E-state index contributed by atoms with van der Waals surface area (Å²) in [5.41, 5.74) is 6.17. The molecule has 19 heavy (non-hydrogen) atoms. The fraction of sp³-hybridized carbons (Fsp3) is 0.538. The van der Waals surface area contributed by atoms with Crippen LogP contribution >= 0.6 is 0 Å². The van der Waals surface area contributed by atoms with E-state index < -0.39 is 22.0 Å². The molecule has 0 aromatic heterocycles. The van der Waals surface area contributed by atoms with Gasteiger partial charge in [-0.15, -0.1) is 0 Å². The molecule has 0 aliphatic rings. The van der Waals surface area contributed by atoms with Gasteiger partial charge >= 0.3 is 0 Å². The first kappa shape index (κ1) is 16.1. The van der Waals surface area contributed by atoms with Crippen molar-refractivity contribution in [3.8, 4) is 0 Å². The van der Waals surface area contributed by atoms with Crippen molar-refractivity contribution < 1.29 is 18.6 Å². The number of nitrogens with two attached hydrogens (primary N) is 1. The van der Waals surface area contributed by atoms with E-state index in [0.717, 1.165) is 0 Å². The van der Waals surface area contributed by atoms with Gasteiger partial charge in [0, 0.05) is 12.6 Å². The molecular weight excluding hydrogens is 266 g/mol. The number of rotatable bonds is 7. The molecule has 0 spiro atoms. The van der Waals surface area contributed by atoms with Crippen LogP contribution in [0.3, 0.4) is 0 Å². The van der Waals surface area contributed by atoms with E-state index in [-0.39, 0.29) is 23.7 Å². The predicted octanol–water partition coefficient (Wildman–Crippen LogP) is 0.613. The van der Waals surface area contributed by atoms with Gasteiger partial charge in [-0.05, 0) is 30.5 Å². The van der Waals surface area contributed by atoms with Crippen molar-refractivity contribution >= 4 is 9.84 Å². The summed E-state index contributed by atoms with van der Waals surface area (Å²) in [7, 11) is -3.31. The van der Waals surface area contributed by atoms with Gasteiger partial charge in [-0.25, -0.2) is 8.42 Å². The van der Waals surface area contributed by atoms with Crippen LogP contribution in [0.4, 0.5) is 0 Å². The van der Waals surface area contributed by atoms with E-state index in [9.17, 15) is 13.5 Å². The third-order valence-electron chi connectivity index (χ3n) is 2.90. The first-order valence-corrected chi connectivity index (χ1v) is 7.94. The molecule has 1 aromatic carbocycles. The molecule has 1 aromatic rings. The summed E-state index contributed by atoms with van der Waals surface area (Å²) in [5.74, 6) is 0.0786. The highest BCUT2D eigenvalue weighted by Gasteiger charge is 2.19. The lowest BCUT2D eigenvalue weighted by Crippen LogP contribution is -2.29. The summed E-state index contributed by atoms with van der Waals surface area (Å²) in [4.78, 5) is 0.196. The van der Waals surface area contributed by atoms with E-state index in [0.29, 0.717) is 12.0 Å². The van der Waals surface area contributed by atoms with Crippen LogP contribution in [0, 0.1) is 0 Å². The molecular formula is C13H21NO4S. The first-order chi connectivity index (χ1) is 8.92. The molecule has 2 unspecified atom stereocenters. The van der Waals surface area contributed by atoms with Crippen LogP contribution in [-0.2, 0) is 9.84 Å². The van der Waals surface area contributed by atoms with Crippen molar-refractivity contribution in [2.45, 2.75) is 36.8 Å². The molecule has 0 saturated heterocycles. The van der Waals surface area contributed by atoms with Crippen LogP contribution in [0.2, 0.25) is 0 Å². The molecule has 2 atom stereocenters. The molecule has 0 saturated carbocycles. The van der Waals surface area contributed by atoms with Gasteiger partial charge in [0.25, 0.3) is 0 Å². The van der Waals surface area contributed by atoms with E-state index in [4.69, 9.17) is 10.8 Å². The molecule has 0 radical (unpaired) electrons. The average molecular weight is 287 g/mol. The molecule has 6 heteroatoms. The fourth-order valence-corrected chi connectivity index (χ4v) is 3.21. The van der Waals surface area contributed by atoms with Gasteiger partial charge < -0.3 is 15.9 Å². The lowest BCUT2D eigenvalue weighted by molar-refractivity contribution is 0.129. The average Bonchev–Trinajstić information content (AvgIpc) is 2.38. The fourth-order valence-electron chi connectivity index (χ4n) is 1.83. The van der Waals surface area contributed by atoms with E-state index in [1.807, 2.05) is 0 Å². The summed E-state index contributed by atoms with van der Waals surface area (Å²) in [6.07, 6.45) is -0.185. The zero-order valence-corrected chi connectivity index (χ0v) is 11.8. The maximum Gasteiger partial charge on any atom is 0.178 e. The van der Waals surface area contributed by atoms with Crippen LogP contribution in [-0.4, -0.2) is 37.0 Å². The second kappa shape index (κ2) is 7.00. The number of hydrogen-bond donors (Lipinski definition) is 3. The molecule has 1 rings (SSSR count). The van der Waals surface area contributed by atoms with Gasteiger partial charge in [0.15, 0.2) is 9.84 Å². The highest BCUT2D eigenvalue weighted by molar-refractivity contribution is 7.91. The van der Waals surface area contributed by atoms with Crippen molar-refractivity contribution in [3.63, 3.8) is 0 Å². The van der Waals surface area contributed by atoms with Gasteiger partial charge in [-0.3, -0.25) is 0 Å². The molecule has 0 heterocycles. The highest BCUT2D eigenvalue weighted by atomic mass is 32.2. The Balaban J connectivity index is 3.00. The number of hydrogen-bond acceptors (Lipinski definition) is 5. The van der Waals surface area contributed by atoms with Gasteiger partial charge in [0.2, 0.25) is 0 Å². The van der Waals surface area contributed by atoms with E-state index >= 15 is 0 Å². The maximum absolute atomic E-state index is 11.9. The predicted molar refractivity (Wildman–Crippen MR) is 73.4 cm³/mol. The molecule has 4 N–H and O–H groups in total. The summed E-state index contributed by atoms with van der Waals surface area (Å²) in [6.45, 7) is 1.68. The number of aliphatic hydroxyl groups excluding tert-OH is 2. The molecule has 0 amide bonds. The van der Waals surface area contributed by atoms with Gasteiger partial charge in [0.05, 0.1) is 16.8 Å². The second-order valence-electron chi connectivity index (χ2n) is 4.51. The van der Waals surface area contributed by atoms with Crippen molar-refractivity contribution in [1.29, 1.82) is 0 Å². The summed E-state index contributed by atoms with van der Waals surface area (Å²) < 4.78 is 23.9. The smallest absolute Gasteiger partial charge is 0.178 e. The third-order valence-corrected chi connectivity index (χ3v) is 4.82. The third kappa shape index (κ3) is 4.28. The maximum atomic E-state index is 11.9. The van der Waals surface area contributed by atoms with Crippen molar-refractivity contribution in [2.75, 3.05) is 12.4 Å². The van der Waals surface area contributed by atoms with E-state index in [1.54, 1.807) is 19.1 Å². The van der Waals surface area contributed by atoms with Crippen LogP contribution < -0.4 is 5.73 Å².